The number of hydrogen-bond acceptors (Lipinski definition) is 4. The second-order valence-electron chi connectivity index (χ2n) is 6.01. The molecule has 112 valence electrons. The highest BCUT2D eigenvalue weighted by molar-refractivity contribution is 5.35. The molecule has 0 spiro atoms. The minimum atomic E-state index is -0.140. The third kappa shape index (κ3) is 2.60. The van der Waals surface area contributed by atoms with Crippen molar-refractivity contribution < 1.29 is 4.52 Å². The summed E-state index contributed by atoms with van der Waals surface area (Å²) in [5.41, 5.74) is 7.36. The van der Waals surface area contributed by atoms with Gasteiger partial charge in [-0.1, -0.05) is 61.7 Å². The third-order valence-corrected chi connectivity index (χ3v) is 4.59. The van der Waals surface area contributed by atoms with Gasteiger partial charge in [0.25, 0.3) is 0 Å². The molecule has 0 amide bonds. The molecule has 1 aromatic carbocycles. The van der Waals surface area contributed by atoms with E-state index in [4.69, 9.17) is 10.3 Å². The Bertz CT molecular complexity index is 575. The smallest absolute Gasteiger partial charge is 0.243 e. The van der Waals surface area contributed by atoms with Crippen molar-refractivity contribution in [1.29, 1.82) is 0 Å². The van der Waals surface area contributed by atoms with Crippen LogP contribution in [0.25, 0.3) is 0 Å². The fourth-order valence-electron chi connectivity index (χ4n) is 3.06. The topological polar surface area (TPSA) is 64.9 Å². The molecule has 1 aromatic heterocycles. The second-order valence-corrected chi connectivity index (χ2v) is 6.01. The molecule has 1 aliphatic carbocycles. The largest absolute Gasteiger partial charge is 0.338 e. The summed E-state index contributed by atoms with van der Waals surface area (Å²) in [5.74, 6) is 1.39. The summed E-state index contributed by atoms with van der Waals surface area (Å²) in [6.45, 7) is 2.16. The number of nitrogens with zero attached hydrogens (tertiary/aromatic N) is 2. The predicted molar refractivity (Wildman–Crippen MR) is 81.8 cm³/mol. The Labute approximate surface area is 125 Å². The van der Waals surface area contributed by atoms with E-state index in [1.54, 1.807) is 0 Å². The van der Waals surface area contributed by atoms with Crippen LogP contribution in [0.2, 0.25) is 0 Å². The van der Waals surface area contributed by atoms with Crippen molar-refractivity contribution >= 4 is 0 Å². The lowest BCUT2D eigenvalue weighted by Gasteiger charge is -2.39. The predicted octanol–water partition coefficient (Wildman–Crippen LogP) is 3.73. The van der Waals surface area contributed by atoms with E-state index in [2.05, 4.69) is 41.3 Å². The first-order chi connectivity index (χ1) is 10.3. The van der Waals surface area contributed by atoms with E-state index in [0.717, 1.165) is 37.9 Å². The highest BCUT2D eigenvalue weighted by atomic mass is 16.5. The number of nitrogens with two attached hydrogens (primary N) is 1. The Hall–Kier alpha value is -1.68. The summed E-state index contributed by atoms with van der Waals surface area (Å²) in [5, 5.41) is 4.25. The maximum atomic E-state index is 6.14. The van der Waals surface area contributed by atoms with Gasteiger partial charge in [-0.3, -0.25) is 0 Å². The van der Waals surface area contributed by atoms with Crippen LogP contribution >= 0.6 is 0 Å². The number of hydrogen-bond donors (Lipinski definition) is 1. The molecule has 1 atom stereocenters. The minimum absolute atomic E-state index is 0.0620. The van der Waals surface area contributed by atoms with E-state index in [9.17, 15) is 0 Å². The van der Waals surface area contributed by atoms with Crippen molar-refractivity contribution in [2.24, 2.45) is 5.73 Å². The van der Waals surface area contributed by atoms with Gasteiger partial charge in [0.2, 0.25) is 5.89 Å². The summed E-state index contributed by atoms with van der Waals surface area (Å²) >= 11 is 0. The van der Waals surface area contributed by atoms with Crippen LogP contribution in [-0.2, 0) is 5.41 Å². The lowest BCUT2D eigenvalue weighted by Crippen LogP contribution is -2.36. The van der Waals surface area contributed by atoms with Gasteiger partial charge in [0, 0.05) is 0 Å². The van der Waals surface area contributed by atoms with E-state index in [-0.39, 0.29) is 11.5 Å². The highest BCUT2D eigenvalue weighted by Crippen LogP contribution is 2.47. The van der Waals surface area contributed by atoms with Crippen LogP contribution in [0.3, 0.4) is 0 Å². The molecule has 0 aliphatic heterocycles. The molecule has 2 N–H and O–H groups in total. The molecule has 1 aliphatic rings. The van der Waals surface area contributed by atoms with Crippen LogP contribution in [0, 0.1) is 0 Å². The van der Waals surface area contributed by atoms with Crippen molar-refractivity contribution in [2.45, 2.75) is 56.9 Å². The average Bonchev–Trinajstić information content (AvgIpc) is 2.95. The van der Waals surface area contributed by atoms with Gasteiger partial charge in [-0.2, -0.15) is 4.98 Å². The van der Waals surface area contributed by atoms with Crippen LogP contribution in [0.15, 0.2) is 34.9 Å². The quantitative estimate of drug-likeness (QED) is 0.878. The SMILES string of the molecule is CCCC[C@H](N)c1nc(C2(c3ccccc3)CCC2)no1. The summed E-state index contributed by atoms with van der Waals surface area (Å²) in [6, 6.07) is 10.4. The molecule has 1 fully saturated rings. The zero-order chi connectivity index (χ0) is 14.7. The first-order valence-electron chi connectivity index (χ1n) is 7.91. The molecule has 4 heteroatoms. The van der Waals surface area contributed by atoms with E-state index in [1.807, 2.05) is 6.07 Å². The summed E-state index contributed by atoms with van der Waals surface area (Å²) in [7, 11) is 0. The van der Waals surface area contributed by atoms with Crippen molar-refractivity contribution in [2.75, 3.05) is 0 Å². The lowest BCUT2D eigenvalue weighted by molar-refractivity contribution is 0.269. The molecule has 4 nitrogen and oxygen atoms in total. The van der Waals surface area contributed by atoms with Gasteiger partial charge in [0.1, 0.15) is 0 Å². The molecule has 0 unspecified atom stereocenters. The molecule has 1 heterocycles. The Morgan fingerprint density at radius 1 is 1.29 bits per heavy atom. The number of unbranched alkanes of at least 4 members (excludes halogenated alkanes) is 1. The molecular formula is C17H23N3O. The zero-order valence-electron chi connectivity index (χ0n) is 12.6. The minimum Gasteiger partial charge on any atom is -0.338 e. The monoisotopic (exact) mass is 285 g/mol. The van der Waals surface area contributed by atoms with E-state index in [0.29, 0.717) is 5.89 Å². The standard InChI is InChI=1S/C17H23N3O/c1-2-3-10-14(18)15-19-16(20-21-15)17(11-7-12-17)13-8-5-4-6-9-13/h4-6,8-9,14H,2-3,7,10-12,18H2,1H3/t14-/m0/s1. The van der Waals surface area contributed by atoms with Gasteiger partial charge in [-0.05, 0) is 24.8 Å². The van der Waals surface area contributed by atoms with Crippen LogP contribution in [-0.4, -0.2) is 10.1 Å². The molecular weight excluding hydrogens is 262 g/mol. The summed E-state index contributed by atoms with van der Waals surface area (Å²) in [4.78, 5) is 4.63. The van der Waals surface area contributed by atoms with Gasteiger partial charge in [0.05, 0.1) is 11.5 Å². The molecule has 21 heavy (non-hydrogen) atoms. The molecule has 0 saturated heterocycles. The van der Waals surface area contributed by atoms with Gasteiger partial charge < -0.3 is 10.3 Å². The van der Waals surface area contributed by atoms with Crippen molar-refractivity contribution in [3.05, 3.63) is 47.6 Å². The van der Waals surface area contributed by atoms with Crippen LogP contribution in [0.1, 0.15) is 68.8 Å². The number of rotatable bonds is 6. The molecule has 0 radical (unpaired) electrons. The fourth-order valence-corrected chi connectivity index (χ4v) is 3.06. The van der Waals surface area contributed by atoms with E-state index >= 15 is 0 Å². The fraction of sp³-hybridized carbons (Fsp3) is 0.529. The van der Waals surface area contributed by atoms with E-state index in [1.165, 1.54) is 12.0 Å². The molecule has 3 rings (SSSR count). The highest BCUT2D eigenvalue weighted by Gasteiger charge is 2.44. The Morgan fingerprint density at radius 3 is 2.67 bits per heavy atom. The molecule has 0 bridgehead atoms. The van der Waals surface area contributed by atoms with Crippen molar-refractivity contribution in [3.63, 3.8) is 0 Å². The molecule has 1 saturated carbocycles. The van der Waals surface area contributed by atoms with Crippen LogP contribution in [0.5, 0.6) is 0 Å². The lowest BCUT2D eigenvalue weighted by atomic mass is 9.64. The Morgan fingerprint density at radius 2 is 2.05 bits per heavy atom. The zero-order valence-corrected chi connectivity index (χ0v) is 12.6. The number of benzene rings is 1. The van der Waals surface area contributed by atoms with Crippen LogP contribution < -0.4 is 5.73 Å². The first kappa shape index (κ1) is 14.3. The number of aromatic nitrogens is 2. The van der Waals surface area contributed by atoms with E-state index < -0.39 is 0 Å². The first-order valence-corrected chi connectivity index (χ1v) is 7.91. The summed E-state index contributed by atoms with van der Waals surface area (Å²) < 4.78 is 5.44. The Kier molecular flexibility index (Phi) is 4.06. The van der Waals surface area contributed by atoms with Crippen LogP contribution in [0.4, 0.5) is 0 Å². The second kappa shape index (κ2) is 5.98. The average molecular weight is 285 g/mol. The van der Waals surface area contributed by atoms with Crippen molar-refractivity contribution in [3.8, 4) is 0 Å². The normalized spacial score (nSPS) is 18.2. The maximum absolute atomic E-state index is 6.14. The summed E-state index contributed by atoms with van der Waals surface area (Å²) in [6.07, 6.45) is 6.49. The van der Waals surface area contributed by atoms with Gasteiger partial charge >= 0.3 is 0 Å². The van der Waals surface area contributed by atoms with Crippen molar-refractivity contribution in [1.82, 2.24) is 10.1 Å². The maximum Gasteiger partial charge on any atom is 0.243 e. The molecule has 2 aromatic rings. The van der Waals surface area contributed by atoms with Gasteiger partial charge in [0.15, 0.2) is 5.82 Å². The Balaban J connectivity index is 1.84. The van der Waals surface area contributed by atoms with Gasteiger partial charge in [-0.15, -0.1) is 0 Å². The third-order valence-electron chi connectivity index (χ3n) is 4.59. The van der Waals surface area contributed by atoms with Gasteiger partial charge in [-0.25, -0.2) is 0 Å².